The number of Topliss-reactive ketones (excluding diaryl/α,β-unsaturated/α-hetero) is 1. The molecule has 0 radical (unpaired) electrons. The van der Waals surface area contributed by atoms with Crippen molar-refractivity contribution in [1.82, 2.24) is 0 Å². The molecular formula is C22H32O. The molecule has 23 heavy (non-hydrogen) atoms. The zero-order valence-electron chi connectivity index (χ0n) is 15.0. The third-order valence-electron chi connectivity index (χ3n) is 7.74. The lowest BCUT2D eigenvalue weighted by molar-refractivity contribution is -0.119. The molecule has 4 atom stereocenters. The van der Waals surface area contributed by atoms with Crippen LogP contribution in [-0.4, -0.2) is 5.78 Å². The molecule has 0 aliphatic heterocycles. The first-order chi connectivity index (χ1) is 11.1. The average Bonchev–Trinajstić information content (AvgIpc) is 2.89. The van der Waals surface area contributed by atoms with Gasteiger partial charge in [-0.2, -0.15) is 0 Å². The third kappa shape index (κ3) is 2.46. The van der Waals surface area contributed by atoms with Crippen LogP contribution in [0.3, 0.4) is 0 Å². The maximum atomic E-state index is 11.8. The fourth-order valence-electron chi connectivity index (χ4n) is 6.46. The zero-order valence-corrected chi connectivity index (χ0v) is 15.0. The molecule has 4 rings (SSSR count). The molecular weight excluding hydrogens is 280 g/mol. The van der Waals surface area contributed by atoms with Gasteiger partial charge in [0.1, 0.15) is 5.78 Å². The molecule has 0 unspecified atom stereocenters. The van der Waals surface area contributed by atoms with Gasteiger partial charge in [-0.3, -0.25) is 4.79 Å². The minimum Gasteiger partial charge on any atom is -0.299 e. The summed E-state index contributed by atoms with van der Waals surface area (Å²) in [5.41, 5.74) is 5.59. The highest BCUT2D eigenvalue weighted by atomic mass is 16.1. The Balaban J connectivity index is 1.56. The second-order valence-electron chi connectivity index (χ2n) is 8.78. The molecule has 1 heteroatoms. The van der Waals surface area contributed by atoms with Gasteiger partial charge in [-0.05, 0) is 74.5 Å². The van der Waals surface area contributed by atoms with Gasteiger partial charge in [0.15, 0.2) is 0 Å². The zero-order chi connectivity index (χ0) is 16.0. The van der Waals surface area contributed by atoms with Gasteiger partial charge >= 0.3 is 0 Å². The lowest BCUT2D eigenvalue weighted by Crippen LogP contribution is -2.43. The van der Waals surface area contributed by atoms with E-state index in [0.29, 0.717) is 11.2 Å². The van der Waals surface area contributed by atoms with Crippen molar-refractivity contribution in [2.75, 3.05) is 0 Å². The van der Waals surface area contributed by atoms with Gasteiger partial charge < -0.3 is 0 Å². The number of hydrogen-bond donors (Lipinski definition) is 0. The number of fused-ring (bicyclic) bond motifs is 4. The molecule has 1 saturated carbocycles. The topological polar surface area (TPSA) is 17.1 Å². The lowest BCUT2D eigenvalue weighted by Gasteiger charge is -2.51. The normalized spacial score (nSPS) is 39.7. The van der Waals surface area contributed by atoms with Gasteiger partial charge in [-0.25, -0.2) is 0 Å². The van der Waals surface area contributed by atoms with Gasteiger partial charge in [-0.15, -0.1) is 0 Å². The summed E-state index contributed by atoms with van der Waals surface area (Å²) < 4.78 is 0. The van der Waals surface area contributed by atoms with Crippen LogP contribution in [0.25, 0.3) is 0 Å². The number of unbranched alkanes of at least 4 members (excludes halogenated alkanes) is 1. The van der Waals surface area contributed by atoms with Crippen LogP contribution in [0, 0.1) is 23.2 Å². The predicted octanol–water partition coefficient (Wildman–Crippen LogP) is 6.00. The van der Waals surface area contributed by atoms with E-state index in [4.69, 9.17) is 0 Å². The molecule has 0 saturated heterocycles. The molecule has 0 heterocycles. The Bertz CT molecular complexity index is 567. The molecule has 0 spiro atoms. The van der Waals surface area contributed by atoms with Crippen molar-refractivity contribution in [3.63, 3.8) is 0 Å². The lowest BCUT2D eigenvalue weighted by atomic mass is 9.53. The summed E-state index contributed by atoms with van der Waals surface area (Å²) in [6, 6.07) is 0. The predicted molar refractivity (Wildman–Crippen MR) is 95.2 cm³/mol. The van der Waals surface area contributed by atoms with Crippen molar-refractivity contribution in [1.29, 1.82) is 0 Å². The molecule has 0 N–H and O–H groups in total. The first-order valence-electron chi connectivity index (χ1n) is 10.1. The van der Waals surface area contributed by atoms with Crippen LogP contribution in [0.2, 0.25) is 0 Å². The molecule has 0 aromatic carbocycles. The molecule has 0 bridgehead atoms. The SMILES string of the molecule is CCCCC1=CC[C@H]2[C@@H]3CCC4=C(CCC(=O)C4)[C@H]3CC[C@]12C. The Morgan fingerprint density at radius 3 is 2.91 bits per heavy atom. The highest BCUT2D eigenvalue weighted by molar-refractivity contribution is 5.82. The van der Waals surface area contributed by atoms with E-state index in [-0.39, 0.29) is 0 Å². The van der Waals surface area contributed by atoms with Crippen molar-refractivity contribution in [3.05, 3.63) is 22.8 Å². The Labute approximate surface area is 141 Å². The molecule has 1 nitrogen and oxygen atoms in total. The highest BCUT2D eigenvalue weighted by Crippen LogP contribution is 2.61. The van der Waals surface area contributed by atoms with Gasteiger partial charge in [0.2, 0.25) is 0 Å². The Kier molecular flexibility index (Phi) is 4.02. The molecule has 0 aromatic rings. The summed E-state index contributed by atoms with van der Waals surface area (Å²) in [5.74, 6) is 3.10. The number of carbonyl (C=O) groups excluding carboxylic acids is 1. The van der Waals surface area contributed by atoms with Crippen molar-refractivity contribution < 1.29 is 4.79 Å². The summed E-state index contributed by atoms with van der Waals surface area (Å²) in [6.45, 7) is 4.89. The van der Waals surface area contributed by atoms with E-state index in [1.165, 1.54) is 51.4 Å². The van der Waals surface area contributed by atoms with E-state index in [1.807, 2.05) is 0 Å². The quantitative estimate of drug-likeness (QED) is 0.584. The summed E-state index contributed by atoms with van der Waals surface area (Å²) in [7, 11) is 0. The Morgan fingerprint density at radius 2 is 2.09 bits per heavy atom. The standard InChI is InChI=1S/C22H32O/c1-3-4-5-16-7-11-21-20-9-6-15-14-17(23)8-10-18(15)19(20)12-13-22(16,21)2/h7,19-21H,3-6,8-14H2,1-2H3/t19-,20-,21+,22-/m1/s1. The monoisotopic (exact) mass is 312 g/mol. The van der Waals surface area contributed by atoms with E-state index in [1.54, 1.807) is 16.7 Å². The van der Waals surface area contributed by atoms with Crippen LogP contribution < -0.4 is 0 Å². The van der Waals surface area contributed by atoms with Crippen LogP contribution in [0.5, 0.6) is 0 Å². The molecule has 1 fully saturated rings. The minimum atomic E-state index is 0.493. The summed E-state index contributed by atoms with van der Waals surface area (Å²) in [6.07, 6.45) is 16.0. The number of rotatable bonds is 3. The van der Waals surface area contributed by atoms with Crippen LogP contribution in [0.15, 0.2) is 22.8 Å². The molecule has 4 aliphatic carbocycles. The van der Waals surface area contributed by atoms with E-state index < -0.39 is 0 Å². The van der Waals surface area contributed by atoms with Gasteiger partial charge in [0.05, 0.1) is 0 Å². The second kappa shape index (κ2) is 5.90. The summed E-state index contributed by atoms with van der Waals surface area (Å²) >= 11 is 0. The first kappa shape index (κ1) is 15.7. The Morgan fingerprint density at radius 1 is 1.22 bits per heavy atom. The van der Waals surface area contributed by atoms with Crippen LogP contribution in [-0.2, 0) is 4.79 Å². The maximum absolute atomic E-state index is 11.8. The number of allylic oxidation sites excluding steroid dienone is 4. The summed E-state index contributed by atoms with van der Waals surface area (Å²) in [5, 5.41) is 0. The van der Waals surface area contributed by atoms with E-state index >= 15 is 0 Å². The third-order valence-corrected chi connectivity index (χ3v) is 7.74. The number of ketones is 1. The van der Waals surface area contributed by atoms with E-state index in [2.05, 4.69) is 19.9 Å². The highest BCUT2D eigenvalue weighted by Gasteiger charge is 2.51. The Hall–Kier alpha value is -0.850. The van der Waals surface area contributed by atoms with Gasteiger partial charge in [0, 0.05) is 12.8 Å². The summed E-state index contributed by atoms with van der Waals surface area (Å²) in [4.78, 5) is 11.8. The van der Waals surface area contributed by atoms with Crippen LogP contribution in [0.4, 0.5) is 0 Å². The van der Waals surface area contributed by atoms with Crippen LogP contribution in [0.1, 0.15) is 84.5 Å². The minimum absolute atomic E-state index is 0.493. The number of carbonyl (C=O) groups is 1. The smallest absolute Gasteiger partial charge is 0.137 e. The molecule has 0 aromatic heterocycles. The van der Waals surface area contributed by atoms with Crippen molar-refractivity contribution in [3.8, 4) is 0 Å². The van der Waals surface area contributed by atoms with Crippen molar-refractivity contribution in [2.24, 2.45) is 23.2 Å². The average molecular weight is 312 g/mol. The van der Waals surface area contributed by atoms with Crippen molar-refractivity contribution in [2.45, 2.75) is 84.5 Å². The second-order valence-corrected chi connectivity index (χ2v) is 8.78. The van der Waals surface area contributed by atoms with Gasteiger partial charge in [-0.1, -0.05) is 43.1 Å². The van der Waals surface area contributed by atoms with Gasteiger partial charge in [0.25, 0.3) is 0 Å². The van der Waals surface area contributed by atoms with Crippen molar-refractivity contribution >= 4 is 5.78 Å². The fraction of sp³-hybridized carbons (Fsp3) is 0.773. The molecule has 4 aliphatic rings. The van der Waals surface area contributed by atoms with E-state index in [9.17, 15) is 4.79 Å². The molecule has 126 valence electrons. The largest absolute Gasteiger partial charge is 0.299 e. The molecule has 0 amide bonds. The fourth-order valence-corrected chi connectivity index (χ4v) is 6.46. The van der Waals surface area contributed by atoms with E-state index in [0.717, 1.165) is 37.0 Å². The maximum Gasteiger partial charge on any atom is 0.137 e. The first-order valence-corrected chi connectivity index (χ1v) is 10.1. The van der Waals surface area contributed by atoms with Crippen LogP contribution >= 0.6 is 0 Å². The number of hydrogen-bond acceptors (Lipinski definition) is 1.